The quantitative estimate of drug-likeness (QED) is 0.403. The maximum atomic E-state index is 12.6. The number of carbonyl (C=O) groups is 4. The van der Waals surface area contributed by atoms with Crippen molar-refractivity contribution in [1.29, 1.82) is 0 Å². The third-order valence-corrected chi connectivity index (χ3v) is 5.49. The number of alkyl carbamates (subject to hydrolysis) is 1. The molecule has 33 heavy (non-hydrogen) atoms. The molecule has 0 saturated carbocycles. The highest BCUT2D eigenvalue weighted by atomic mass is 32.2. The van der Waals surface area contributed by atoms with Crippen LogP contribution in [0.1, 0.15) is 52.5 Å². The van der Waals surface area contributed by atoms with Gasteiger partial charge in [0.15, 0.2) is 0 Å². The predicted octanol–water partition coefficient (Wildman–Crippen LogP) is 3.16. The molecule has 0 bridgehead atoms. The lowest BCUT2D eigenvalue weighted by molar-refractivity contribution is -0.138. The smallest absolute Gasteiger partial charge is 0.407 e. The second kappa shape index (κ2) is 11.4. The molecule has 2 rings (SSSR count). The molecule has 0 aliphatic rings. The Morgan fingerprint density at radius 1 is 1.06 bits per heavy atom. The molecule has 178 valence electrons. The molecule has 11 heteroatoms. The second-order valence-corrected chi connectivity index (χ2v) is 9.17. The largest absolute Gasteiger partial charge is 0.480 e. The molecule has 0 spiro atoms. The molecular formula is C22H26N2O8S. The molecule has 2 atom stereocenters. The number of benzene rings is 1. The first-order chi connectivity index (χ1) is 15.5. The van der Waals surface area contributed by atoms with Crippen LogP contribution in [0, 0.1) is 0 Å². The van der Waals surface area contributed by atoms with E-state index in [9.17, 15) is 29.4 Å². The normalized spacial score (nSPS) is 12.9. The third kappa shape index (κ3) is 8.19. The summed E-state index contributed by atoms with van der Waals surface area (Å²) in [4.78, 5) is 47.7. The molecule has 2 aromatic rings. The number of furan rings is 1. The van der Waals surface area contributed by atoms with Gasteiger partial charge in [0.25, 0.3) is 5.91 Å². The topological polar surface area (TPSA) is 155 Å². The fourth-order valence-corrected chi connectivity index (χ4v) is 3.85. The van der Waals surface area contributed by atoms with E-state index in [0.29, 0.717) is 5.76 Å². The van der Waals surface area contributed by atoms with Gasteiger partial charge in [-0.1, -0.05) is 12.1 Å². The highest BCUT2D eigenvalue weighted by molar-refractivity contribution is 7.99. The molecule has 0 aliphatic carbocycles. The van der Waals surface area contributed by atoms with E-state index in [1.54, 1.807) is 32.9 Å². The number of aromatic carboxylic acids is 1. The van der Waals surface area contributed by atoms with Crippen LogP contribution >= 0.6 is 11.8 Å². The van der Waals surface area contributed by atoms with Crippen molar-refractivity contribution < 1.29 is 38.5 Å². The number of aliphatic carboxylic acids is 1. The van der Waals surface area contributed by atoms with Gasteiger partial charge in [0.2, 0.25) is 0 Å². The van der Waals surface area contributed by atoms with Crippen LogP contribution in [0.4, 0.5) is 4.79 Å². The van der Waals surface area contributed by atoms with Crippen molar-refractivity contribution in [1.82, 2.24) is 10.6 Å². The number of ether oxygens (including phenoxy) is 1. The third-order valence-electron chi connectivity index (χ3n) is 4.16. The highest BCUT2D eigenvalue weighted by Crippen LogP contribution is 2.29. The number of carboxylic acids is 2. The molecule has 2 amide bonds. The minimum atomic E-state index is -1.32. The van der Waals surface area contributed by atoms with E-state index in [0.717, 1.165) is 11.8 Å². The second-order valence-electron chi connectivity index (χ2n) is 7.94. The van der Waals surface area contributed by atoms with Gasteiger partial charge in [-0.2, -0.15) is 0 Å². The molecule has 1 aromatic carbocycles. The van der Waals surface area contributed by atoms with Gasteiger partial charge in [-0.05, 0) is 45.0 Å². The Balaban J connectivity index is 2.07. The molecule has 0 aliphatic heterocycles. The zero-order chi connectivity index (χ0) is 24.6. The van der Waals surface area contributed by atoms with Crippen molar-refractivity contribution >= 4 is 35.7 Å². The molecule has 0 saturated heterocycles. The molecule has 4 N–H and O–H groups in total. The van der Waals surface area contributed by atoms with Crippen LogP contribution in [0.15, 0.2) is 47.1 Å². The fourth-order valence-electron chi connectivity index (χ4n) is 2.70. The van der Waals surface area contributed by atoms with Crippen LogP contribution in [-0.2, 0) is 9.53 Å². The number of carbonyl (C=O) groups excluding carboxylic acids is 2. The lowest BCUT2D eigenvalue weighted by Gasteiger charge is -2.22. The number of amides is 2. The first-order valence-corrected chi connectivity index (χ1v) is 11.0. The molecule has 10 nitrogen and oxygen atoms in total. The standard InChI is InChI=1S/C22H26N2O8S/c1-22(2,3)32-21(30)23-11-17(16-9-6-10-31-16)33-12-15(20(28)29)24-18(25)13-7-4-5-8-14(13)19(26)27/h4-10,15,17H,11-12H2,1-3H3,(H,23,30)(H,24,25)(H,26,27)(H,28,29)/t15-,17?/m0/s1. The first kappa shape index (κ1) is 25.8. The number of carboxylic acid groups (broad SMARTS) is 2. The fraction of sp³-hybridized carbons (Fsp3) is 0.364. The number of thioether (sulfide) groups is 1. The summed E-state index contributed by atoms with van der Waals surface area (Å²) >= 11 is 1.15. The summed E-state index contributed by atoms with van der Waals surface area (Å²) in [5.41, 5.74) is -1.06. The lowest BCUT2D eigenvalue weighted by atomic mass is 10.1. The summed E-state index contributed by atoms with van der Waals surface area (Å²) < 4.78 is 10.6. The van der Waals surface area contributed by atoms with Crippen molar-refractivity contribution in [2.24, 2.45) is 0 Å². The minimum absolute atomic E-state index is 0.0717. The van der Waals surface area contributed by atoms with E-state index >= 15 is 0 Å². The Morgan fingerprint density at radius 3 is 2.27 bits per heavy atom. The van der Waals surface area contributed by atoms with Crippen molar-refractivity contribution in [3.63, 3.8) is 0 Å². The van der Waals surface area contributed by atoms with Gasteiger partial charge in [-0.15, -0.1) is 11.8 Å². The van der Waals surface area contributed by atoms with Crippen LogP contribution in [-0.4, -0.2) is 58.1 Å². The van der Waals surface area contributed by atoms with E-state index in [-0.39, 0.29) is 23.4 Å². The Kier molecular flexibility index (Phi) is 8.92. The maximum Gasteiger partial charge on any atom is 0.407 e. The van der Waals surface area contributed by atoms with Crippen LogP contribution in [0.25, 0.3) is 0 Å². The Labute approximate surface area is 194 Å². The van der Waals surface area contributed by atoms with E-state index in [1.807, 2.05) is 0 Å². The number of nitrogens with one attached hydrogen (secondary N) is 2. The number of hydrogen-bond donors (Lipinski definition) is 4. The van der Waals surface area contributed by atoms with E-state index < -0.39 is 40.8 Å². The summed E-state index contributed by atoms with van der Waals surface area (Å²) in [6, 6.07) is 7.56. The van der Waals surface area contributed by atoms with Crippen molar-refractivity contribution in [3.8, 4) is 0 Å². The predicted molar refractivity (Wildman–Crippen MR) is 120 cm³/mol. The number of rotatable bonds is 10. The van der Waals surface area contributed by atoms with Gasteiger partial charge in [-0.25, -0.2) is 14.4 Å². The first-order valence-electron chi connectivity index (χ1n) is 9.95. The van der Waals surface area contributed by atoms with E-state index in [4.69, 9.17) is 9.15 Å². The monoisotopic (exact) mass is 478 g/mol. The van der Waals surface area contributed by atoms with Gasteiger partial charge < -0.3 is 30.0 Å². The van der Waals surface area contributed by atoms with Crippen LogP contribution in [0.2, 0.25) is 0 Å². The Bertz CT molecular complexity index is 985. The van der Waals surface area contributed by atoms with E-state index in [1.165, 1.54) is 30.5 Å². The average Bonchev–Trinajstić information content (AvgIpc) is 3.25. The average molecular weight is 479 g/mol. The van der Waals surface area contributed by atoms with Gasteiger partial charge >= 0.3 is 18.0 Å². The van der Waals surface area contributed by atoms with Crippen LogP contribution in [0.3, 0.4) is 0 Å². The summed E-state index contributed by atoms with van der Waals surface area (Å²) in [7, 11) is 0. The molecule has 0 fully saturated rings. The van der Waals surface area contributed by atoms with Crippen LogP contribution < -0.4 is 10.6 Å². The van der Waals surface area contributed by atoms with Crippen LogP contribution in [0.5, 0.6) is 0 Å². The summed E-state index contributed by atoms with van der Waals surface area (Å²) in [6.07, 6.45) is 0.823. The molecule has 0 radical (unpaired) electrons. The van der Waals surface area contributed by atoms with Crippen molar-refractivity contribution in [3.05, 3.63) is 59.5 Å². The molecule has 1 aromatic heterocycles. The zero-order valence-corrected chi connectivity index (χ0v) is 19.2. The Hall–Kier alpha value is -3.47. The zero-order valence-electron chi connectivity index (χ0n) is 18.4. The lowest BCUT2D eigenvalue weighted by Crippen LogP contribution is -2.43. The molecule has 1 unspecified atom stereocenters. The van der Waals surface area contributed by atoms with Crippen molar-refractivity contribution in [2.45, 2.75) is 37.7 Å². The van der Waals surface area contributed by atoms with E-state index in [2.05, 4.69) is 10.6 Å². The van der Waals surface area contributed by atoms with Gasteiger partial charge in [0, 0.05) is 12.3 Å². The summed E-state index contributed by atoms with van der Waals surface area (Å²) in [6.45, 7) is 5.28. The minimum Gasteiger partial charge on any atom is -0.480 e. The highest BCUT2D eigenvalue weighted by Gasteiger charge is 2.26. The summed E-state index contributed by atoms with van der Waals surface area (Å²) in [5.74, 6) is -2.97. The molecule has 1 heterocycles. The van der Waals surface area contributed by atoms with Gasteiger partial charge in [0.1, 0.15) is 17.4 Å². The van der Waals surface area contributed by atoms with Gasteiger partial charge in [-0.3, -0.25) is 4.79 Å². The summed E-state index contributed by atoms with van der Waals surface area (Å²) in [5, 5.41) is 23.4. The molecular weight excluding hydrogens is 452 g/mol. The van der Waals surface area contributed by atoms with Gasteiger partial charge in [0.05, 0.1) is 22.6 Å². The maximum absolute atomic E-state index is 12.6. The Morgan fingerprint density at radius 2 is 1.73 bits per heavy atom. The number of hydrogen-bond acceptors (Lipinski definition) is 7. The van der Waals surface area contributed by atoms with Crippen molar-refractivity contribution in [2.75, 3.05) is 12.3 Å². The SMILES string of the molecule is CC(C)(C)OC(=O)NCC(SC[C@H](NC(=O)c1ccccc1C(=O)O)C(=O)O)c1ccco1.